The Bertz CT molecular complexity index is 2010. The number of fused-ring (bicyclic) bond motifs is 1. The number of anilines is 3. The zero-order valence-electron chi connectivity index (χ0n) is 30.4. The number of morpholine rings is 2. The van der Waals surface area contributed by atoms with Gasteiger partial charge in [-0.25, -0.2) is 18.4 Å². The lowest BCUT2D eigenvalue weighted by Gasteiger charge is -2.31. The second-order valence-corrected chi connectivity index (χ2v) is 15.5. The van der Waals surface area contributed by atoms with Gasteiger partial charge in [-0.3, -0.25) is 14.2 Å². The number of nitro groups is 1. The van der Waals surface area contributed by atoms with Crippen molar-refractivity contribution in [3.63, 3.8) is 0 Å². The maximum atomic E-state index is 13.1. The molecule has 0 aromatic carbocycles. The van der Waals surface area contributed by atoms with E-state index < -0.39 is 14.9 Å². The van der Waals surface area contributed by atoms with Crippen LogP contribution >= 0.6 is 0 Å². The number of aryl methyl sites for hydroxylation is 1. The molecule has 0 amide bonds. The first-order valence-corrected chi connectivity index (χ1v) is 19.9. The number of pyridine rings is 2. The normalized spacial score (nSPS) is 19.8. The monoisotopic (exact) mass is 767 g/mol. The number of sulfonamides is 1. The lowest BCUT2D eigenvalue weighted by molar-refractivity contribution is -0.393. The van der Waals surface area contributed by atoms with E-state index in [4.69, 9.17) is 23.9 Å². The van der Waals surface area contributed by atoms with Crippen LogP contribution in [0.1, 0.15) is 31.2 Å². The number of hydrogen-bond donors (Lipinski definition) is 1. The molecule has 3 aliphatic rings. The van der Waals surface area contributed by atoms with Crippen molar-refractivity contribution in [1.29, 1.82) is 0 Å². The average molecular weight is 768 g/mol. The number of aromatic nitrogens is 6. The quantitative estimate of drug-likeness (QED) is 0.144. The third-order valence-electron chi connectivity index (χ3n) is 9.80. The highest BCUT2D eigenvalue weighted by atomic mass is 32.2. The molecule has 6 heterocycles. The van der Waals surface area contributed by atoms with Gasteiger partial charge in [0.05, 0.1) is 86.2 Å². The van der Waals surface area contributed by atoms with Crippen molar-refractivity contribution in [1.82, 2.24) is 34.6 Å². The summed E-state index contributed by atoms with van der Waals surface area (Å²) in [6.07, 6.45) is 10.1. The summed E-state index contributed by atoms with van der Waals surface area (Å²) in [6, 6.07) is 3.67. The van der Waals surface area contributed by atoms with Gasteiger partial charge in [0.2, 0.25) is 21.9 Å². The van der Waals surface area contributed by atoms with Crippen molar-refractivity contribution >= 4 is 44.2 Å². The predicted molar refractivity (Wildman–Crippen MR) is 199 cm³/mol. The first-order valence-electron chi connectivity index (χ1n) is 18.1. The molecule has 4 aromatic heterocycles. The van der Waals surface area contributed by atoms with Gasteiger partial charge < -0.3 is 39.3 Å². The van der Waals surface area contributed by atoms with Crippen LogP contribution in [0.4, 0.5) is 23.3 Å². The van der Waals surface area contributed by atoms with E-state index in [9.17, 15) is 18.5 Å². The van der Waals surface area contributed by atoms with Crippen LogP contribution in [0.25, 0.3) is 10.9 Å². The molecular weight excluding hydrogens is 723 g/mol. The summed E-state index contributed by atoms with van der Waals surface area (Å²) in [5, 5.41) is 19.7. The number of nitrogens with one attached hydrogen (secondary N) is 1. The Morgan fingerprint density at radius 1 is 0.981 bits per heavy atom. The predicted octanol–water partition coefficient (Wildman–Crippen LogP) is 2.38. The molecule has 0 spiro atoms. The second kappa shape index (κ2) is 16.6. The molecule has 1 saturated carbocycles. The summed E-state index contributed by atoms with van der Waals surface area (Å²) in [4.78, 5) is 34.1. The van der Waals surface area contributed by atoms with E-state index in [2.05, 4.69) is 35.2 Å². The van der Waals surface area contributed by atoms with Crippen molar-refractivity contribution in [2.24, 2.45) is 7.05 Å². The maximum Gasteiger partial charge on any atom is 0.349 e. The fourth-order valence-electron chi connectivity index (χ4n) is 6.88. The summed E-state index contributed by atoms with van der Waals surface area (Å²) >= 11 is 0. The van der Waals surface area contributed by atoms with Crippen LogP contribution < -0.4 is 24.0 Å². The molecule has 0 unspecified atom stereocenters. The number of hydrogen-bond acceptors (Lipinski definition) is 16. The molecule has 20 heteroatoms. The molecule has 1 aliphatic carbocycles. The summed E-state index contributed by atoms with van der Waals surface area (Å²) in [7, 11) is -2.47. The molecule has 19 nitrogen and oxygen atoms in total. The Morgan fingerprint density at radius 2 is 1.69 bits per heavy atom. The van der Waals surface area contributed by atoms with Crippen molar-refractivity contribution in [2.45, 2.75) is 44.4 Å². The average Bonchev–Trinajstić information content (AvgIpc) is 3.55. The van der Waals surface area contributed by atoms with Gasteiger partial charge in [0, 0.05) is 44.8 Å². The van der Waals surface area contributed by atoms with Crippen LogP contribution in [0.3, 0.4) is 0 Å². The summed E-state index contributed by atoms with van der Waals surface area (Å²) in [6.45, 7) is 6.85. The standard InChI is InChI=1S/C34H45N11O8S/c1-41-33(45(46)47)24(19-38-41)23-44(54(2,48)49)26-17-29-30(35-20-26)18-31(43-10-14-51-15-11-43)40-32(29)53-27-5-3-25(4-6-27)39-34-36-21-28(22-37-34)52-16-9-42-7-12-50-13-8-42/h17-22,25,27H,3-16,23H2,1-2H3,(H,36,37,39). The second-order valence-electron chi connectivity index (χ2n) is 13.6. The SMILES string of the molecule is Cn1ncc(CN(c2cnc3cc(N4CCOCC4)nc(OC4CCC(Nc5ncc(OCCN6CCOCC6)cn5)CC4)c3c2)S(C)(=O)=O)c1[N+](=O)[O-]. The van der Waals surface area contributed by atoms with Crippen LogP contribution in [0.5, 0.6) is 11.6 Å². The highest BCUT2D eigenvalue weighted by Crippen LogP contribution is 2.35. The minimum Gasteiger partial charge on any atom is -0.489 e. The molecule has 1 N–H and O–H groups in total. The Morgan fingerprint density at radius 3 is 2.37 bits per heavy atom. The van der Waals surface area contributed by atoms with Gasteiger partial charge in [0.25, 0.3) is 0 Å². The molecule has 0 radical (unpaired) electrons. The summed E-state index contributed by atoms with van der Waals surface area (Å²) in [5.41, 5.74) is 0.937. The molecule has 2 aliphatic heterocycles. The highest BCUT2D eigenvalue weighted by molar-refractivity contribution is 7.92. The third kappa shape index (κ3) is 9.05. The third-order valence-corrected chi connectivity index (χ3v) is 10.9. The molecule has 2 saturated heterocycles. The van der Waals surface area contributed by atoms with Gasteiger partial charge in [0.15, 0.2) is 5.75 Å². The molecule has 4 aromatic rings. The Balaban J connectivity index is 1.05. The van der Waals surface area contributed by atoms with E-state index in [-0.39, 0.29) is 35.8 Å². The Kier molecular flexibility index (Phi) is 11.5. The van der Waals surface area contributed by atoms with Crippen LogP contribution in [0.15, 0.2) is 36.9 Å². The summed E-state index contributed by atoms with van der Waals surface area (Å²) in [5.74, 6) is 1.90. The zero-order valence-corrected chi connectivity index (χ0v) is 31.2. The van der Waals surface area contributed by atoms with Gasteiger partial charge in [-0.05, 0) is 36.7 Å². The van der Waals surface area contributed by atoms with E-state index in [0.717, 1.165) is 73.8 Å². The highest BCUT2D eigenvalue weighted by Gasteiger charge is 2.29. The smallest absolute Gasteiger partial charge is 0.349 e. The van der Waals surface area contributed by atoms with E-state index in [0.29, 0.717) is 67.2 Å². The fraction of sp³-hybridized carbons (Fsp3) is 0.559. The lowest BCUT2D eigenvalue weighted by atomic mass is 9.93. The molecule has 3 fully saturated rings. The number of ether oxygens (including phenoxy) is 4. The minimum absolute atomic E-state index is 0.143. The Labute approximate surface area is 312 Å². The maximum absolute atomic E-state index is 13.1. The summed E-state index contributed by atoms with van der Waals surface area (Å²) < 4.78 is 51.8. The van der Waals surface area contributed by atoms with E-state index in [1.54, 1.807) is 18.5 Å². The van der Waals surface area contributed by atoms with Gasteiger partial charge in [-0.1, -0.05) is 5.10 Å². The van der Waals surface area contributed by atoms with Crippen LogP contribution in [-0.2, 0) is 33.1 Å². The topological polar surface area (TPSA) is 205 Å². The van der Waals surface area contributed by atoms with Gasteiger partial charge >= 0.3 is 5.82 Å². The van der Waals surface area contributed by atoms with Crippen LogP contribution in [-0.4, -0.2) is 132 Å². The van der Waals surface area contributed by atoms with E-state index in [1.165, 1.54) is 19.4 Å². The molecule has 54 heavy (non-hydrogen) atoms. The van der Waals surface area contributed by atoms with Crippen molar-refractivity contribution < 1.29 is 32.3 Å². The van der Waals surface area contributed by atoms with Gasteiger partial charge in [0.1, 0.15) is 25.6 Å². The first kappa shape index (κ1) is 37.4. The van der Waals surface area contributed by atoms with Crippen molar-refractivity contribution in [3.8, 4) is 11.6 Å². The van der Waals surface area contributed by atoms with Gasteiger partial charge in [-0.15, -0.1) is 4.68 Å². The van der Waals surface area contributed by atoms with Crippen LogP contribution in [0.2, 0.25) is 0 Å². The first-order chi connectivity index (χ1) is 26.1. The molecule has 7 rings (SSSR count). The van der Waals surface area contributed by atoms with Crippen molar-refractivity contribution in [3.05, 3.63) is 52.6 Å². The van der Waals surface area contributed by atoms with E-state index in [1.807, 2.05) is 6.07 Å². The van der Waals surface area contributed by atoms with E-state index >= 15 is 0 Å². The molecule has 290 valence electrons. The zero-order chi connectivity index (χ0) is 37.7. The lowest BCUT2D eigenvalue weighted by Crippen LogP contribution is -2.38. The molecular formula is C34H45N11O8S. The largest absolute Gasteiger partial charge is 0.489 e. The number of nitrogens with zero attached hydrogens (tertiary/aromatic N) is 10. The fourth-order valence-corrected chi connectivity index (χ4v) is 7.73. The molecule has 0 bridgehead atoms. The number of rotatable bonds is 14. The van der Waals surface area contributed by atoms with Crippen LogP contribution in [0, 0.1) is 10.1 Å². The minimum atomic E-state index is -3.91. The molecule has 0 atom stereocenters. The van der Waals surface area contributed by atoms with Gasteiger partial charge in [-0.2, -0.15) is 4.98 Å². The Hall–Kier alpha value is -4.92. The van der Waals surface area contributed by atoms with Crippen molar-refractivity contribution in [2.75, 3.05) is 86.5 Å².